The Hall–Kier alpha value is -2.02. The first-order valence-corrected chi connectivity index (χ1v) is 8.38. The Labute approximate surface area is 125 Å². The fraction of sp³-hybridized carbons (Fsp3) is 0.357. The second-order valence-corrected chi connectivity index (χ2v) is 6.79. The van der Waals surface area contributed by atoms with Crippen molar-refractivity contribution in [3.05, 3.63) is 42.5 Å². The summed E-state index contributed by atoms with van der Waals surface area (Å²) in [7, 11) is -3.12. The van der Waals surface area contributed by atoms with E-state index in [1.165, 1.54) is 4.31 Å². The first-order chi connectivity index (χ1) is 10.0. The molecular weight excluding hydrogens is 288 g/mol. The van der Waals surface area contributed by atoms with Gasteiger partial charge in [-0.2, -0.15) is 0 Å². The van der Waals surface area contributed by atoms with E-state index in [4.69, 9.17) is 5.73 Å². The van der Waals surface area contributed by atoms with Gasteiger partial charge in [-0.25, -0.2) is 13.4 Å². The highest BCUT2D eigenvalue weighted by Crippen LogP contribution is 2.24. The molecule has 0 saturated carbocycles. The maximum atomic E-state index is 11.8. The average molecular weight is 308 g/mol. The molecule has 0 atom stereocenters. The third-order valence-electron chi connectivity index (χ3n) is 3.18. The van der Waals surface area contributed by atoms with Crippen LogP contribution in [0.15, 0.2) is 41.9 Å². The van der Waals surface area contributed by atoms with Crippen LogP contribution in [0.3, 0.4) is 0 Å². The van der Waals surface area contributed by atoms with Gasteiger partial charge in [-0.1, -0.05) is 18.2 Å². The van der Waals surface area contributed by atoms with E-state index < -0.39 is 10.0 Å². The van der Waals surface area contributed by atoms with Gasteiger partial charge in [-0.15, -0.1) is 6.58 Å². The van der Waals surface area contributed by atoms with Crippen molar-refractivity contribution in [2.75, 3.05) is 23.1 Å². The number of aliphatic imine (C=N–C) groups is 1. The summed E-state index contributed by atoms with van der Waals surface area (Å²) in [5, 5.41) is 2.89. The smallest absolute Gasteiger partial charge is 0.235 e. The van der Waals surface area contributed by atoms with Crippen molar-refractivity contribution in [2.24, 2.45) is 10.7 Å². The first kappa shape index (κ1) is 15.4. The SMILES string of the molecule is C=CCNC(N)=NCc1ccc(N2CCCS2(=O)=O)cc1. The lowest BCUT2D eigenvalue weighted by molar-refractivity contribution is 0.599. The highest BCUT2D eigenvalue weighted by atomic mass is 32.2. The van der Waals surface area contributed by atoms with Crippen LogP contribution in [0.5, 0.6) is 0 Å². The maximum Gasteiger partial charge on any atom is 0.235 e. The number of nitrogens with two attached hydrogens (primary N) is 1. The molecule has 1 saturated heterocycles. The highest BCUT2D eigenvalue weighted by molar-refractivity contribution is 7.93. The minimum Gasteiger partial charge on any atom is -0.370 e. The van der Waals surface area contributed by atoms with Gasteiger partial charge in [-0.05, 0) is 24.1 Å². The predicted molar refractivity (Wildman–Crippen MR) is 85.7 cm³/mol. The molecule has 0 bridgehead atoms. The van der Waals surface area contributed by atoms with E-state index in [0.29, 0.717) is 37.7 Å². The third kappa shape index (κ3) is 3.98. The number of hydrogen-bond acceptors (Lipinski definition) is 3. The zero-order valence-corrected chi connectivity index (χ0v) is 12.6. The van der Waals surface area contributed by atoms with Crippen LogP contribution in [0.25, 0.3) is 0 Å². The molecule has 114 valence electrons. The number of anilines is 1. The minimum atomic E-state index is -3.12. The molecule has 1 fully saturated rings. The summed E-state index contributed by atoms with van der Waals surface area (Å²) in [6.07, 6.45) is 2.38. The molecule has 21 heavy (non-hydrogen) atoms. The summed E-state index contributed by atoms with van der Waals surface area (Å²) in [5.41, 5.74) is 7.35. The van der Waals surface area contributed by atoms with Crippen molar-refractivity contribution >= 4 is 21.7 Å². The van der Waals surface area contributed by atoms with Crippen LogP contribution in [-0.4, -0.2) is 33.2 Å². The van der Waals surface area contributed by atoms with Crippen LogP contribution < -0.4 is 15.4 Å². The summed E-state index contributed by atoms with van der Waals surface area (Å²) < 4.78 is 25.1. The van der Waals surface area contributed by atoms with Crippen molar-refractivity contribution in [2.45, 2.75) is 13.0 Å². The van der Waals surface area contributed by atoms with Crippen LogP contribution in [0, 0.1) is 0 Å². The summed E-state index contributed by atoms with van der Waals surface area (Å²) in [5.74, 6) is 0.589. The second kappa shape index (κ2) is 6.62. The minimum absolute atomic E-state index is 0.227. The van der Waals surface area contributed by atoms with E-state index in [1.54, 1.807) is 18.2 Å². The Morgan fingerprint density at radius 2 is 2.14 bits per heavy atom. The number of hydrogen-bond donors (Lipinski definition) is 2. The third-order valence-corrected chi connectivity index (χ3v) is 5.05. The van der Waals surface area contributed by atoms with Crippen molar-refractivity contribution in [1.29, 1.82) is 0 Å². The van der Waals surface area contributed by atoms with Crippen LogP contribution in [0.2, 0.25) is 0 Å². The molecule has 1 aromatic rings. The van der Waals surface area contributed by atoms with E-state index in [-0.39, 0.29) is 5.75 Å². The summed E-state index contributed by atoms with van der Waals surface area (Å²) in [6.45, 7) is 5.16. The maximum absolute atomic E-state index is 11.8. The molecule has 0 spiro atoms. The number of guanidine groups is 1. The second-order valence-electron chi connectivity index (χ2n) is 4.78. The topological polar surface area (TPSA) is 87.8 Å². The van der Waals surface area contributed by atoms with Crippen molar-refractivity contribution in [3.8, 4) is 0 Å². The van der Waals surface area contributed by atoms with Crippen LogP contribution >= 0.6 is 0 Å². The standard InChI is InChI=1S/C14H20N4O2S/c1-2-8-16-14(15)17-11-12-4-6-13(7-5-12)18-9-3-10-21(18,19)20/h2,4-7H,1,3,8-11H2,(H3,15,16,17). The lowest BCUT2D eigenvalue weighted by Crippen LogP contribution is -2.31. The van der Waals surface area contributed by atoms with E-state index in [0.717, 1.165) is 5.56 Å². The van der Waals surface area contributed by atoms with Gasteiger partial charge in [0.15, 0.2) is 5.96 Å². The number of benzene rings is 1. The van der Waals surface area contributed by atoms with Crippen molar-refractivity contribution < 1.29 is 8.42 Å². The van der Waals surface area contributed by atoms with Gasteiger partial charge in [0.05, 0.1) is 18.0 Å². The van der Waals surface area contributed by atoms with Crippen LogP contribution in [-0.2, 0) is 16.6 Å². The van der Waals surface area contributed by atoms with Gasteiger partial charge >= 0.3 is 0 Å². The molecule has 0 aromatic heterocycles. The van der Waals surface area contributed by atoms with Gasteiger partial charge in [0.2, 0.25) is 10.0 Å². The quantitative estimate of drug-likeness (QED) is 0.479. The summed E-state index contributed by atoms with van der Waals surface area (Å²) in [6, 6.07) is 7.35. The Morgan fingerprint density at radius 3 is 2.71 bits per heavy atom. The first-order valence-electron chi connectivity index (χ1n) is 6.77. The zero-order chi connectivity index (χ0) is 15.3. The molecule has 1 heterocycles. The lowest BCUT2D eigenvalue weighted by atomic mass is 10.2. The number of nitrogens with zero attached hydrogens (tertiary/aromatic N) is 2. The van der Waals surface area contributed by atoms with Gasteiger partial charge < -0.3 is 11.1 Å². The molecule has 1 aliphatic heterocycles. The van der Waals surface area contributed by atoms with Crippen molar-refractivity contribution in [1.82, 2.24) is 5.32 Å². The van der Waals surface area contributed by atoms with E-state index >= 15 is 0 Å². The van der Waals surface area contributed by atoms with Gasteiger partial charge in [0, 0.05) is 13.1 Å². The van der Waals surface area contributed by atoms with E-state index in [9.17, 15) is 8.42 Å². The normalized spacial score (nSPS) is 17.7. The van der Waals surface area contributed by atoms with E-state index in [1.807, 2.05) is 12.1 Å². The van der Waals surface area contributed by atoms with E-state index in [2.05, 4.69) is 16.9 Å². The summed E-state index contributed by atoms with van der Waals surface area (Å²) in [4.78, 5) is 4.19. The van der Waals surface area contributed by atoms with Gasteiger partial charge in [-0.3, -0.25) is 4.31 Å². The number of sulfonamides is 1. The fourth-order valence-electron chi connectivity index (χ4n) is 2.11. The monoisotopic (exact) mass is 308 g/mol. The highest BCUT2D eigenvalue weighted by Gasteiger charge is 2.28. The molecule has 3 N–H and O–H groups in total. The largest absolute Gasteiger partial charge is 0.370 e. The molecule has 0 amide bonds. The Morgan fingerprint density at radius 1 is 1.43 bits per heavy atom. The molecule has 1 aliphatic rings. The van der Waals surface area contributed by atoms with Gasteiger partial charge in [0.25, 0.3) is 0 Å². The zero-order valence-electron chi connectivity index (χ0n) is 11.8. The average Bonchev–Trinajstić information content (AvgIpc) is 2.83. The lowest BCUT2D eigenvalue weighted by Gasteiger charge is -2.16. The number of nitrogens with one attached hydrogen (secondary N) is 1. The fourth-order valence-corrected chi connectivity index (χ4v) is 3.67. The predicted octanol–water partition coefficient (Wildman–Crippen LogP) is 0.817. The Balaban J connectivity index is 2.01. The van der Waals surface area contributed by atoms with Crippen LogP contribution in [0.1, 0.15) is 12.0 Å². The Kier molecular flexibility index (Phi) is 4.85. The number of rotatable bonds is 5. The molecule has 6 nitrogen and oxygen atoms in total. The molecule has 0 unspecified atom stereocenters. The molecule has 0 radical (unpaired) electrons. The Bertz CT molecular complexity index is 623. The molecule has 1 aromatic carbocycles. The van der Waals surface area contributed by atoms with Crippen LogP contribution in [0.4, 0.5) is 5.69 Å². The molecule has 0 aliphatic carbocycles. The van der Waals surface area contributed by atoms with Gasteiger partial charge in [0.1, 0.15) is 0 Å². The molecule has 2 rings (SSSR count). The molecule has 7 heteroatoms. The molecular formula is C14H20N4O2S. The summed E-state index contributed by atoms with van der Waals surface area (Å²) >= 11 is 0. The van der Waals surface area contributed by atoms with Crippen molar-refractivity contribution in [3.63, 3.8) is 0 Å².